The molecule has 1 unspecified atom stereocenters. The highest BCUT2D eigenvalue weighted by Gasteiger charge is 2.17. The number of benzene rings is 1. The first-order valence-corrected chi connectivity index (χ1v) is 7.97. The van der Waals surface area contributed by atoms with Crippen molar-refractivity contribution in [3.05, 3.63) is 34.3 Å². The van der Waals surface area contributed by atoms with Gasteiger partial charge in [0, 0.05) is 11.4 Å². The zero-order valence-corrected chi connectivity index (χ0v) is 14.0. The van der Waals surface area contributed by atoms with Crippen LogP contribution in [0.4, 0.5) is 0 Å². The van der Waals surface area contributed by atoms with Crippen LogP contribution in [0.1, 0.15) is 42.6 Å². The number of amides is 1. The Balaban J connectivity index is 2.63. The number of nitrogens with one attached hydrogen (secondary N) is 1. The van der Waals surface area contributed by atoms with Crippen LogP contribution in [-0.4, -0.2) is 17.3 Å². The Kier molecular flexibility index (Phi) is 6.87. The molecular formula is C15H21BrClNO. The van der Waals surface area contributed by atoms with Gasteiger partial charge in [0.15, 0.2) is 0 Å². The lowest BCUT2D eigenvalue weighted by molar-refractivity contribution is 0.0952. The summed E-state index contributed by atoms with van der Waals surface area (Å²) in [5.41, 5.74) is 1.47. The summed E-state index contributed by atoms with van der Waals surface area (Å²) in [6, 6.07) is 5.50. The third kappa shape index (κ3) is 4.50. The van der Waals surface area contributed by atoms with E-state index in [1.54, 1.807) is 6.07 Å². The number of carbonyl (C=O) groups excluding carboxylic acids is 1. The molecule has 1 amide bonds. The molecule has 1 N–H and O–H groups in total. The molecule has 19 heavy (non-hydrogen) atoms. The van der Waals surface area contributed by atoms with E-state index in [9.17, 15) is 4.79 Å². The normalized spacial score (nSPS) is 12.5. The fourth-order valence-electron chi connectivity index (χ4n) is 2.08. The van der Waals surface area contributed by atoms with E-state index in [1.807, 2.05) is 19.1 Å². The Labute approximate surface area is 129 Å². The molecule has 0 fully saturated rings. The van der Waals surface area contributed by atoms with Crippen molar-refractivity contribution in [2.24, 2.45) is 5.92 Å². The first-order valence-electron chi connectivity index (χ1n) is 6.68. The number of carbonyl (C=O) groups is 1. The van der Waals surface area contributed by atoms with E-state index >= 15 is 0 Å². The third-order valence-electron chi connectivity index (χ3n) is 3.45. The minimum absolute atomic E-state index is 0.107. The van der Waals surface area contributed by atoms with Crippen LogP contribution in [0.3, 0.4) is 0 Å². The molecule has 1 rings (SSSR count). The quantitative estimate of drug-likeness (QED) is 0.751. The van der Waals surface area contributed by atoms with E-state index in [4.69, 9.17) is 11.6 Å². The van der Waals surface area contributed by atoms with Crippen LogP contribution >= 0.6 is 27.5 Å². The summed E-state index contributed by atoms with van der Waals surface area (Å²) >= 11 is 9.80. The number of alkyl halides is 1. The maximum atomic E-state index is 12.1. The highest BCUT2D eigenvalue weighted by Crippen LogP contribution is 2.21. The molecule has 0 aliphatic heterocycles. The molecule has 0 spiro atoms. The number of aryl methyl sites for hydroxylation is 1. The van der Waals surface area contributed by atoms with Gasteiger partial charge in [0.25, 0.3) is 5.91 Å². The van der Waals surface area contributed by atoms with Crippen LogP contribution < -0.4 is 5.32 Å². The van der Waals surface area contributed by atoms with Gasteiger partial charge in [-0.25, -0.2) is 0 Å². The number of rotatable bonds is 6. The van der Waals surface area contributed by atoms with Crippen molar-refractivity contribution in [1.82, 2.24) is 5.32 Å². The lowest BCUT2D eigenvalue weighted by atomic mass is 9.99. The molecule has 1 aromatic rings. The monoisotopic (exact) mass is 345 g/mol. The fourth-order valence-corrected chi connectivity index (χ4v) is 3.20. The van der Waals surface area contributed by atoms with Gasteiger partial charge in [-0.15, -0.1) is 0 Å². The summed E-state index contributed by atoms with van der Waals surface area (Å²) in [5.74, 6) is 0.470. The second-order valence-corrected chi connectivity index (χ2v) is 6.29. The molecule has 0 saturated carbocycles. The molecule has 0 bridgehead atoms. The van der Waals surface area contributed by atoms with Crippen molar-refractivity contribution in [2.45, 2.75) is 38.4 Å². The Morgan fingerprint density at radius 1 is 1.37 bits per heavy atom. The highest BCUT2D eigenvalue weighted by atomic mass is 79.9. The number of halogens is 2. The largest absolute Gasteiger partial charge is 0.351 e. The number of hydrogen-bond donors (Lipinski definition) is 1. The Bertz CT molecular complexity index is 432. The molecule has 0 saturated heterocycles. The highest BCUT2D eigenvalue weighted by molar-refractivity contribution is 9.09. The SMILES string of the molecule is CCC(CC)C(Br)CNC(=O)c1cccc(C)c1Cl. The molecule has 0 radical (unpaired) electrons. The second kappa shape index (κ2) is 7.91. The third-order valence-corrected chi connectivity index (χ3v) is 5.03. The maximum absolute atomic E-state index is 12.1. The molecule has 0 aromatic heterocycles. The van der Waals surface area contributed by atoms with E-state index in [0.29, 0.717) is 27.9 Å². The molecule has 0 heterocycles. The first kappa shape index (κ1) is 16.5. The van der Waals surface area contributed by atoms with Crippen molar-refractivity contribution in [3.63, 3.8) is 0 Å². The molecular weight excluding hydrogens is 326 g/mol. The van der Waals surface area contributed by atoms with Gasteiger partial charge in [-0.05, 0) is 24.5 Å². The van der Waals surface area contributed by atoms with Crippen LogP contribution in [0.2, 0.25) is 5.02 Å². The van der Waals surface area contributed by atoms with Crippen LogP contribution in [-0.2, 0) is 0 Å². The minimum atomic E-state index is -0.107. The minimum Gasteiger partial charge on any atom is -0.351 e. The van der Waals surface area contributed by atoms with Crippen molar-refractivity contribution in [1.29, 1.82) is 0 Å². The standard InChI is InChI=1S/C15H21BrClNO/c1-4-11(5-2)13(16)9-18-15(19)12-8-6-7-10(3)14(12)17/h6-8,11,13H,4-5,9H2,1-3H3,(H,18,19). The molecule has 106 valence electrons. The molecule has 2 nitrogen and oxygen atoms in total. The molecule has 1 aromatic carbocycles. The molecule has 4 heteroatoms. The zero-order valence-electron chi connectivity index (χ0n) is 11.7. The summed E-state index contributed by atoms with van der Waals surface area (Å²) in [6.45, 7) is 6.86. The van der Waals surface area contributed by atoms with E-state index < -0.39 is 0 Å². The van der Waals surface area contributed by atoms with Crippen molar-refractivity contribution in [3.8, 4) is 0 Å². The van der Waals surface area contributed by atoms with Gasteiger partial charge < -0.3 is 5.32 Å². The maximum Gasteiger partial charge on any atom is 0.252 e. The Morgan fingerprint density at radius 3 is 2.58 bits per heavy atom. The topological polar surface area (TPSA) is 29.1 Å². The summed E-state index contributed by atoms with van der Waals surface area (Å²) in [5, 5.41) is 3.48. The van der Waals surface area contributed by atoms with Crippen molar-refractivity contribution in [2.75, 3.05) is 6.54 Å². The van der Waals surface area contributed by atoms with Crippen molar-refractivity contribution >= 4 is 33.4 Å². The zero-order chi connectivity index (χ0) is 14.4. The molecule has 0 aliphatic carbocycles. The predicted molar refractivity (Wildman–Crippen MR) is 85.3 cm³/mol. The van der Waals surface area contributed by atoms with Crippen molar-refractivity contribution < 1.29 is 4.79 Å². The van der Waals surface area contributed by atoms with Gasteiger partial charge >= 0.3 is 0 Å². The summed E-state index contributed by atoms with van der Waals surface area (Å²) in [4.78, 5) is 12.4. The van der Waals surface area contributed by atoms with E-state index in [1.165, 1.54) is 0 Å². The average molecular weight is 347 g/mol. The number of hydrogen-bond acceptors (Lipinski definition) is 1. The first-order chi connectivity index (χ1) is 9.01. The van der Waals surface area contributed by atoms with Crippen LogP contribution in [0.25, 0.3) is 0 Å². The Morgan fingerprint density at radius 2 is 2.00 bits per heavy atom. The lowest BCUT2D eigenvalue weighted by Crippen LogP contribution is -2.33. The smallest absolute Gasteiger partial charge is 0.252 e. The summed E-state index contributed by atoms with van der Waals surface area (Å²) in [7, 11) is 0. The van der Waals surface area contributed by atoms with Gasteiger partial charge in [-0.1, -0.05) is 66.4 Å². The van der Waals surface area contributed by atoms with Crippen LogP contribution in [0, 0.1) is 12.8 Å². The van der Waals surface area contributed by atoms with Gasteiger partial charge in [-0.3, -0.25) is 4.79 Å². The molecule has 0 aliphatic rings. The fraction of sp³-hybridized carbons (Fsp3) is 0.533. The van der Waals surface area contributed by atoms with E-state index in [-0.39, 0.29) is 5.91 Å². The van der Waals surface area contributed by atoms with Gasteiger partial charge in [0.05, 0.1) is 10.6 Å². The van der Waals surface area contributed by atoms with E-state index in [0.717, 1.165) is 18.4 Å². The predicted octanol–water partition coefficient (Wildman–Crippen LogP) is 4.58. The van der Waals surface area contributed by atoms with Crippen LogP contribution in [0.5, 0.6) is 0 Å². The van der Waals surface area contributed by atoms with Gasteiger partial charge in [0.2, 0.25) is 0 Å². The van der Waals surface area contributed by atoms with Crippen LogP contribution in [0.15, 0.2) is 18.2 Å². The van der Waals surface area contributed by atoms with E-state index in [2.05, 4.69) is 35.1 Å². The lowest BCUT2D eigenvalue weighted by Gasteiger charge is -2.20. The summed E-state index contributed by atoms with van der Waals surface area (Å²) in [6.07, 6.45) is 2.21. The second-order valence-electron chi connectivity index (χ2n) is 4.74. The van der Waals surface area contributed by atoms with Gasteiger partial charge in [0.1, 0.15) is 0 Å². The van der Waals surface area contributed by atoms with Gasteiger partial charge in [-0.2, -0.15) is 0 Å². The summed E-state index contributed by atoms with van der Waals surface area (Å²) < 4.78 is 0. The molecule has 1 atom stereocenters. The average Bonchev–Trinajstić information content (AvgIpc) is 2.40. The Hall–Kier alpha value is -0.540.